The molecule has 0 atom stereocenters. The van der Waals surface area contributed by atoms with E-state index in [0.717, 1.165) is 0 Å². The molecule has 1 aromatic carbocycles. The van der Waals surface area contributed by atoms with Gasteiger partial charge in [-0.25, -0.2) is 0 Å². The van der Waals surface area contributed by atoms with Crippen LogP contribution >= 0.6 is 0 Å². The van der Waals surface area contributed by atoms with Crippen LogP contribution in [0.3, 0.4) is 0 Å². The Hall–Kier alpha value is -2.26. The molecule has 0 unspecified atom stereocenters. The molecular weight excluding hydrogens is 284 g/mol. The van der Waals surface area contributed by atoms with E-state index in [9.17, 15) is 13.5 Å². The van der Waals surface area contributed by atoms with Crippen LogP contribution in [0.25, 0.3) is 0 Å². The highest BCUT2D eigenvalue weighted by molar-refractivity contribution is 7.85. The standard InChI is InChI=1S/C11H12N4O4S/c1-2-9-13-10(15-11(16)14-9)12-7-4-3-5-8(6-7)20(17,18)19/h3-6H,2H2,1H3,(H,17,18,19)(H2,12,13,14,15,16). The van der Waals surface area contributed by atoms with E-state index in [1.54, 1.807) is 6.07 Å². The van der Waals surface area contributed by atoms with Gasteiger partial charge in [-0.1, -0.05) is 13.0 Å². The molecule has 0 radical (unpaired) electrons. The van der Waals surface area contributed by atoms with Gasteiger partial charge in [0.2, 0.25) is 5.95 Å². The van der Waals surface area contributed by atoms with Crippen LogP contribution in [0.1, 0.15) is 12.7 Å². The van der Waals surface area contributed by atoms with Crippen molar-refractivity contribution in [2.24, 2.45) is 0 Å². The van der Waals surface area contributed by atoms with Crippen LogP contribution in [-0.4, -0.2) is 33.0 Å². The van der Waals surface area contributed by atoms with Crippen LogP contribution in [0, 0.1) is 0 Å². The first-order valence-corrected chi connectivity index (χ1v) is 7.11. The highest BCUT2D eigenvalue weighted by Crippen LogP contribution is 2.18. The lowest BCUT2D eigenvalue weighted by Gasteiger charge is -2.07. The summed E-state index contributed by atoms with van der Waals surface area (Å²) in [5.41, 5.74) is 0.354. The maximum atomic E-state index is 11.0. The summed E-state index contributed by atoms with van der Waals surface area (Å²) in [5, 5.41) is 12.1. The first-order valence-electron chi connectivity index (χ1n) is 5.67. The van der Waals surface area contributed by atoms with Gasteiger partial charge in [0.25, 0.3) is 10.1 Å². The van der Waals surface area contributed by atoms with Gasteiger partial charge in [0.15, 0.2) is 0 Å². The summed E-state index contributed by atoms with van der Waals surface area (Å²) in [6.45, 7) is 1.82. The molecule has 0 saturated carbocycles. The van der Waals surface area contributed by atoms with Gasteiger partial charge in [-0.3, -0.25) is 4.55 Å². The second kappa shape index (κ2) is 5.39. The molecule has 0 aliphatic rings. The molecule has 2 aromatic rings. The quantitative estimate of drug-likeness (QED) is 0.717. The van der Waals surface area contributed by atoms with Crippen LogP contribution < -0.4 is 5.32 Å². The number of anilines is 2. The van der Waals surface area contributed by atoms with Gasteiger partial charge in [0, 0.05) is 12.1 Å². The van der Waals surface area contributed by atoms with Crippen molar-refractivity contribution in [2.75, 3.05) is 5.32 Å². The summed E-state index contributed by atoms with van der Waals surface area (Å²) in [4.78, 5) is 11.2. The van der Waals surface area contributed by atoms with Crippen molar-refractivity contribution in [3.05, 3.63) is 30.1 Å². The molecule has 20 heavy (non-hydrogen) atoms. The van der Waals surface area contributed by atoms with E-state index in [2.05, 4.69) is 20.3 Å². The van der Waals surface area contributed by atoms with E-state index in [4.69, 9.17) is 4.55 Å². The molecule has 9 heteroatoms. The summed E-state index contributed by atoms with van der Waals surface area (Å²) in [6.07, 6.45) is 0.510. The Morgan fingerprint density at radius 3 is 2.65 bits per heavy atom. The Bertz CT molecular complexity index is 733. The molecule has 0 saturated heterocycles. The molecule has 1 heterocycles. The van der Waals surface area contributed by atoms with Gasteiger partial charge in [-0.15, -0.1) is 0 Å². The maximum absolute atomic E-state index is 11.0. The SMILES string of the molecule is CCc1nc(O)nc(Nc2cccc(S(=O)(=O)O)c2)n1. The first-order chi connectivity index (χ1) is 9.38. The van der Waals surface area contributed by atoms with Crippen molar-refractivity contribution in [3.8, 4) is 6.01 Å². The van der Waals surface area contributed by atoms with Gasteiger partial charge < -0.3 is 10.4 Å². The second-order valence-corrected chi connectivity index (χ2v) is 5.28. The third-order valence-corrected chi connectivity index (χ3v) is 3.22. The molecular formula is C11H12N4O4S. The normalized spacial score (nSPS) is 11.3. The average molecular weight is 296 g/mol. The first kappa shape index (κ1) is 14.2. The molecule has 106 valence electrons. The van der Waals surface area contributed by atoms with Crippen molar-refractivity contribution >= 4 is 21.8 Å². The smallest absolute Gasteiger partial charge is 0.318 e. The number of nitrogens with zero attached hydrogens (tertiary/aromatic N) is 3. The Morgan fingerprint density at radius 1 is 1.25 bits per heavy atom. The number of rotatable bonds is 4. The largest absolute Gasteiger partial charge is 0.479 e. The van der Waals surface area contributed by atoms with Gasteiger partial charge in [-0.2, -0.15) is 23.4 Å². The van der Waals surface area contributed by atoms with Gasteiger partial charge in [0.1, 0.15) is 5.82 Å². The fourth-order valence-corrected chi connectivity index (χ4v) is 2.01. The molecule has 0 aliphatic carbocycles. The predicted octanol–water partition coefficient (Wildman–Crippen LogP) is 1.13. The summed E-state index contributed by atoms with van der Waals surface area (Å²) in [7, 11) is -4.28. The molecule has 3 N–H and O–H groups in total. The fourth-order valence-electron chi connectivity index (χ4n) is 1.48. The topological polar surface area (TPSA) is 125 Å². The molecule has 0 aliphatic heterocycles. The van der Waals surface area contributed by atoms with Crippen molar-refractivity contribution in [3.63, 3.8) is 0 Å². The lowest BCUT2D eigenvalue weighted by Crippen LogP contribution is -2.03. The third kappa shape index (κ3) is 3.39. The van der Waals surface area contributed by atoms with E-state index >= 15 is 0 Å². The third-order valence-electron chi connectivity index (χ3n) is 2.37. The zero-order chi connectivity index (χ0) is 14.8. The summed E-state index contributed by atoms with van der Waals surface area (Å²) < 4.78 is 31.0. The minimum Gasteiger partial charge on any atom is -0.479 e. The zero-order valence-electron chi connectivity index (χ0n) is 10.5. The second-order valence-electron chi connectivity index (χ2n) is 3.86. The predicted molar refractivity (Wildman–Crippen MR) is 70.4 cm³/mol. The van der Waals surface area contributed by atoms with Crippen LogP contribution in [0.15, 0.2) is 29.2 Å². The number of hydrogen-bond acceptors (Lipinski definition) is 7. The zero-order valence-corrected chi connectivity index (χ0v) is 11.3. The molecule has 0 bridgehead atoms. The fraction of sp³-hybridized carbons (Fsp3) is 0.182. The monoisotopic (exact) mass is 296 g/mol. The van der Waals surface area contributed by atoms with Crippen molar-refractivity contribution in [2.45, 2.75) is 18.2 Å². The molecule has 2 rings (SSSR count). The minimum atomic E-state index is -4.28. The van der Waals surface area contributed by atoms with E-state index in [-0.39, 0.29) is 10.8 Å². The lowest BCUT2D eigenvalue weighted by molar-refractivity contribution is 0.426. The van der Waals surface area contributed by atoms with Crippen molar-refractivity contribution < 1.29 is 18.1 Å². The van der Waals surface area contributed by atoms with Crippen molar-refractivity contribution in [1.82, 2.24) is 15.0 Å². The molecule has 0 fully saturated rings. The average Bonchev–Trinajstić information content (AvgIpc) is 2.37. The van der Waals surface area contributed by atoms with E-state index in [0.29, 0.717) is 17.9 Å². The Labute approximate surface area is 115 Å². The van der Waals surface area contributed by atoms with Gasteiger partial charge in [0.05, 0.1) is 4.90 Å². The molecule has 1 aromatic heterocycles. The minimum absolute atomic E-state index is 0.0850. The number of aromatic nitrogens is 3. The van der Waals surface area contributed by atoms with Crippen LogP contribution in [0.2, 0.25) is 0 Å². The Morgan fingerprint density at radius 2 is 2.00 bits per heavy atom. The molecule has 8 nitrogen and oxygen atoms in total. The van der Waals surface area contributed by atoms with Gasteiger partial charge in [-0.05, 0) is 18.2 Å². The van der Waals surface area contributed by atoms with Crippen molar-refractivity contribution in [1.29, 1.82) is 0 Å². The van der Waals surface area contributed by atoms with Crippen LogP contribution in [0.4, 0.5) is 11.6 Å². The Kier molecular flexibility index (Phi) is 3.81. The summed E-state index contributed by atoms with van der Waals surface area (Å²) in [5.74, 6) is 0.479. The number of hydrogen-bond donors (Lipinski definition) is 3. The van der Waals surface area contributed by atoms with E-state index < -0.39 is 16.1 Å². The highest BCUT2D eigenvalue weighted by Gasteiger charge is 2.10. The summed E-state index contributed by atoms with van der Waals surface area (Å²) >= 11 is 0. The van der Waals surface area contributed by atoms with E-state index in [1.807, 2.05) is 6.92 Å². The lowest BCUT2D eigenvalue weighted by atomic mass is 10.3. The van der Waals surface area contributed by atoms with Crippen LogP contribution in [0.5, 0.6) is 6.01 Å². The van der Waals surface area contributed by atoms with Gasteiger partial charge >= 0.3 is 6.01 Å². The molecule has 0 spiro atoms. The van der Waals surface area contributed by atoms with Crippen LogP contribution in [-0.2, 0) is 16.5 Å². The number of benzene rings is 1. The number of aromatic hydroxyl groups is 1. The maximum Gasteiger partial charge on any atom is 0.318 e. The summed E-state index contributed by atoms with van der Waals surface area (Å²) in [6, 6.07) is 5.07. The number of nitrogens with one attached hydrogen (secondary N) is 1. The highest BCUT2D eigenvalue weighted by atomic mass is 32.2. The Balaban J connectivity index is 2.33. The number of aryl methyl sites for hydroxylation is 1. The molecule has 0 amide bonds. The van der Waals surface area contributed by atoms with E-state index in [1.165, 1.54) is 18.2 Å².